The highest BCUT2D eigenvalue weighted by molar-refractivity contribution is 7.10. The number of benzene rings is 2. The highest BCUT2D eigenvalue weighted by atomic mass is 32.1. The molecule has 6 heteroatoms. The van der Waals surface area contributed by atoms with Crippen molar-refractivity contribution < 1.29 is 22.6 Å². The Labute approximate surface area is 172 Å². The number of hydrogen-bond donors (Lipinski definition) is 0. The molecule has 1 unspecified atom stereocenters. The van der Waals surface area contributed by atoms with Crippen LogP contribution in [0.4, 0.5) is 13.2 Å². The van der Waals surface area contributed by atoms with E-state index in [1.54, 1.807) is 23.5 Å². The Kier molecular flexibility index (Phi) is 6.52. The number of rotatable bonds is 7. The molecule has 0 aliphatic heterocycles. The summed E-state index contributed by atoms with van der Waals surface area (Å²) < 4.78 is 47.3. The van der Waals surface area contributed by atoms with Crippen LogP contribution in [0.5, 0.6) is 11.5 Å². The highest BCUT2D eigenvalue weighted by Crippen LogP contribution is 2.35. The molecule has 1 heterocycles. The van der Waals surface area contributed by atoms with Crippen LogP contribution < -0.4 is 9.47 Å². The van der Waals surface area contributed by atoms with Crippen molar-refractivity contribution >= 4 is 11.3 Å². The topological polar surface area (TPSA) is 18.5 Å². The van der Waals surface area contributed by atoms with Crippen LogP contribution in [0.25, 0.3) is 11.1 Å². The molecule has 0 aliphatic rings. The molecule has 0 saturated heterocycles. The standard InChI is InChI=1S/C23H23F3O2S/c1-4-6-20(21-7-5-12-29-21)27-19-13-15(2)22(16(3)14-19)17-8-10-18(11-9-17)28-23(24,25)26/h5,7-14,20H,4,6H2,1-3H3. The fourth-order valence-electron chi connectivity index (χ4n) is 3.43. The van der Waals surface area contributed by atoms with E-state index in [0.29, 0.717) is 0 Å². The van der Waals surface area contributed by atoms with Crippen molar-refractivity contribution in [3.63, 3.8) is 0 Å². The van der Waals surface area contributed by atoms with Gasteiger partial charge in [0, 0.05) is 4.88 Å². The van der Waals surface area contributed by atoms with Gasteiger partial charge in [-0.05, 0) is 78.2 Å². The monoisotopic (exact) mass is 420 g/mol. The number of halogens is 3. The summed E-state index contributed by atoms with van der Waals surface area (Å²) in [6.45, 7) is 6.10. The second-order valence-electron chi connectivity index (χ2n) is 6.91. The maximum Gasteiger partial charge on any atom is 0.573 e. The predicted molar refractivity (Wildman–Crippen MR) is 111 cm³/mol. The smallest absolute Gasteiger partial charge is 0.485 e. The normalized spacial score (nSPS) is 12.6. The Morgan fingerprint density at radius 2 is 1.62 bits per heavy atom. The van der Waals surface area contributed by atoms with E-state index in [-0.39, 0.29) is 11.9 Å². The van der Waals surface area contributed by atoms with Crippen LogP contribution in [0.3, 0.4) is 0 Å². The van der Waals surface area contributed by atoms with Crippen molar-refractivity contribution in [2.45, 2.75) is 46.1 Å². The minimum absolute atomic E-state index is 0.0171. The summed E-state index contributed by atoms with van der Waals surface area (Å²) in [4.78, 5) is 1.20. The molecule has 154 valence electrons. The van der Waals surface area contributed by atoms with Crippen LogP contribution in [0.1, 0.15) is 41.9 Å². The molecule has 0 amide bonds. The molecule has 2 nitrogen and oxygen atoms in total. The van der Waals surface area contributed by atoms with Crippen molar-refractivity contribution in [1.82, 2.24) is 0 Å². The molecular formula is C23H23F3O2S. The van der Waals surface area contributed by atoms with E-state index in [1.165, 1.54) is 17.0 Å². The lowest BCUT2D eigenvalue weighted by Crippen LogP contribution is -2.16. The zero-order valence-corrected chi connectivity index (χ0v) is 17.4. The zero-order valence-electron chi connectivity index (χ0n) is 16.5. The van der Waals surface area contributed by atoms with Gasteiger partial charge in [0.05, 0.1) is 0 Å². The molecule has 0 radical (unpaired) electrons. The molecule has 1 aromatic heterocycles. The summed E-state index contributed by atoms with van der Waals surface area (Å²) in [7, 11) is 0. The lowest BCUT2D eigenvalue weighted by Gasteiger charge is -2.20. The largest absolute Gasteiger partial charge is 0.573 e. The number of ether oxygens (including phenoxy) is 2. The maximum atomic E-state index is 12.4. The molecule has 2 aromatic carbocycles. The summed E-state index contributed by atoms with van der Waals surface area (Å²) in [6.07, 6.45) is -2.72. The second-order valence-corrected chi connectivity index (χ2v) is 7.89. The van der Waals surface area contributed by atoms with Crippen LogP contribution in [0.2, 0.25) is 0 Å². The lowest BCUT2D eigenvalue weighted by molar-refractivity contribution is -0.274. The van der Waals surface area contributed by atoms with E-state index < -0.39 is 6.36 Å². The Morgan fingerprint density at radius 3 is 2.14 bits per heavy atom. The van der Waals surface area contributed by atoms with Crippen molar-refractivity contribution in [2.24, 2.45) is 0 Å². The van der Waals surface area contributed by atoms with Crippen molar-refractivity contribution in [3.05, 3.63) is 69.9 Å². The zero-order chi connectivity index (χ0) is 21.0. The van der Waals surface area contributed by atoms with Gasteiger partial charge in [-0.3, -0.25) is 0 Å². The van der Waals surface area contributed by atoms with Gasteiger partial charge in [0.15, 0.2) is 0 Å². The average Bonchev–Trinajstić information content (AvgIpc) is 3.15. The Bertz CT molecular complexity index is 909. The fourth-order valence-corrected chi connectivity index (χ4v) is 4.22. The van der Waals surface area contributed by atoms with Crippen molar-refractivity contribution in [1.29, 1.82) is 0 Å². The van der Waals surface area contributed by atoms with Gasteiger partial charge in [-0.25, -0.2) is 0 Å². The van der Waals surface area contributed by atoms with Gasteiger partial charge in [-0.1, -0.05) is 31.5 Å². The summed E-state index contributed by atoms with van der Waals surface area (Å²) in [6, 6.07) is 14.0. The average molecular weight is 420 g/mol. The van der Waals surface area contributed by atoms with Crippen LogP contribution in [-0.4, -0.2) is 6.36 Å². The summed E-state index contributed by atoms with van der Waals surface area (Å²) in [5.74, 6) is 0.572. The molecule has 0 N–H and O–H groups in total. The molecule has 3 aromatic rings. The molecule has 29 heavy (non-hydrogen) atoms. The highest BCUT2D eigenvalue weighted by Gasteiger charge is 2.31. The molecule has 0 spiro atoms. The third kappa shape index (κ3) is 5.54. The molecule has 0 saturated carbocycles. The molecule has 0 fully saturated rings. The Morgan fingerprint density at radius 1 is 0.966 bits per heavy atom. The van der Waals surface area contributed by atoms with Crippen LogP contribution in [0, 0.1) is 13.8 Å². The summed E-state index contributed by atoms with van der Waals surface area (Å²) >= 11 is 1.69. The predicted octanol–water partition coefficient (Wildman–Crippen LogP) is 7.85. The van der Waals surface area contributed by atoms with Crippen molar-refractivity contribution in [3.8, 4) is 22.6 Å². The molecule has 0 bridgehead atoms. The van der Waals surface area contributed by atoms with Gasteiger partial charge in [0.1, 0.15) is 17.6 Å². The third-order valence-electron chi connectivity index (χ3n) is 4.57. The molecule has 0 aliphatic carbocycles. The molecular weight excluding hydrogens is 397 g/mol. The quantitative estimate of drug-likeness (QED) is 0.387. The van der Waals surface area contributed by atoms with Crippen LogP contribution in [0.15, 0.2) is 53.9 Å². The number of thiophene rings is 1. The van der Waals surface area contributed by atoms with E-state index in [4.69, 9.17) is 4.74 Å². The minimum Gasteiger partial charge on any atom is -0.485 e. The van der Waals surface area contributed by atoms with Gasteiger partial charge in [0.25, 0.3) is 0 Å². The fraction of sp³-hybridized carbons (Fsp3) is 0.304. The first-order chi connectivity index (χ1) is 13.8. The summed E-state index contributed by atoms with van der Waals surface area (Å²) in [5.41, 5.74) is 3.83. The number of alkyl halides is 3. The van der Waals surface area contributed by atoms with E-state index >= 15 is 0 Å². The number of hydrogen-bond acceptors (Lipinski definition) is 3. The SMILES string of the molecule is CCCC(Oc1cc(C)c(-c2ccc(OC(F)(F)F)cc2)c(C)c1)c1cccs1. The Hall–Kier alpha value is -2.47. The maximum absolute atomic E-state index is 12.4. The van der Waals surface area contributed by atoms with Gasteiger partial charge in [-0.15, -0.1) is 24.5 Å². The number of aryl methyl sites for hydroxylation is 2. The van der Waals surface area contributed by atoms with E-state index in [1.807, 2.05) is 37.4 Å². The van der Waals surface area contributed by atoms with Gasteiger partial charge >= 0.3 is 6.36 Å². The first-order valence-electron chi connectivity index (χ1n) is 9.44. The molecule has 1 atom stereocenters. The van der Waals surface area contributed by atoms with E-state index in [0.717, 1.165) is 40.8 Å². The lowest BCUT2D eigenvalue weighted by atomic mass is 9.95. The molecule has 3 rings (SSSR count). The van der Waals surface area contributed by atoms with Gasteiger partial charge < -0.3 is 9.47 Å². The first kappa shape index (κ1) is 21.2. The van der Waals surface area contributed by atoms with E-state index in [2.05, 4.69) is 17.7 Å². The first-order valence-corrected chi connectivity index (χ1v) is 10.3. The van der Waals surface area contributed by atoms with Gasteiger partial charge in [0.2, 0.25) is 0 Å². The van der Waals surface area contributed by atoms with E-state index in [9.17, 15) is 13.2 Å². The Balaban J connectivity index is 1.84. The van der Waals surface area contributed by atoms with Gasteiger partial charge in [-0.2, -0.15) is 0 Å². The van der Waals surface area contributed by atoms with Crippen LogP contribution in [-0.2, 0) is 0 Å². The second kappa shape index (κ2) is 8.91. The van der Waals surface area contributed by atoms with Crippen LogP contribution >= 0.6 is 11.3 Å². The summed E-state index contributed by atoms with van der Waals surface area (Å²) in [5, 5.41) is 2.05. The minimum atomic E-state index is -4.69. The third-order valence-corrected chi connectivity index (χ3v) is 5.54. The van der Waals surface area contributed by atoms with Crippen molar-refractivity contribution in [2.75, 3.05) is 0 Å².